The van der Waals surface area contributed by atoms with Crippen molar-refractivity contribution in [1.29, 1.82) is 0 Å². The first-order valence-electron chi connectivity index (χ1n) is 9.01. The van der Waals surface area contributed by atoms with E-state index in [4.69, 9.17) is 0 Å². The monoisotopic (exact) mass is 381 g/mol. The molecule has 144 valence electrons. The van der Waals surface area contributed by atoms with Gasteiger partial charge in [-0.2, -0.15) is 4.31 Å². The SMILES string of the molecule is CCCCN(CC)S(=O)(=O)c1ccc(C(=O)N2CCNC(=O)C2C)cc1. The molecular weight excluding hydrogens is 354 g/mol. The van der Waals surface area contributed by atoms with Gasteiger partial charge < -0.3 is 10.2 Å². The number of benzene rings is 1. The van der Waals surface area contributed by atoms with Crippen molar-refractivity contribution in [2.45, 2.75) is 44.6 Å². The van der Waals surface area contributed by atoms with Crippen LogP contribution in [0.25, 0.3) is 0 Å². The Morgan fingerprint density at radius 3 is 2.50 bits per heavy atom. The molecule has 1 aromatic carbocycles. The number of piperazine rings is 1. The van der Waals surface area contributed by atoms with E-state index in [1.165, 1.54) is 33.5 Å². The molecule has 1 atom stereocenters. The number of carbonyl (C=O) groups is 2. The van der Waals surface area contributed by atoms with Gasteiger partial charge in [-0.05, 0) is 37.6 Å². The fraction of sp³-hybridized carbons (Fsp3) is 0.556. The molecule has 0 radical (unpaired) electrons. The Labute approximate surface area is 155 Å². The summed E-state index contributed by atoms with van der Waals surface area (Å²) >= 11 is 0. The van der Waals surface area contributed by atoms with E-state index in [0.717, 1.165) is 12.8 Å². The predicted octanol–water partition coefficient (Wildman–Crippen LogP) is 1.46. The standard InChI is InChI=1S/C18H27N3O4S/c1-4-6-12-20(5-2)26(24,25)16-9-7-15(8-10-16)18(23)21-13-11-19-17(22)14(21)3/h7-10,14H,4-6,11-13H2,1-3H3,(H,19,22). The summed E-state index contributed by atoms with van der Waals surface area (Å²) < 4.78 is 26.9. The van der Waals surface area contributed by atoms with Crippen LogP contribution in [0, 0.1) is 0 Å². The molecule has 1 aliphatic rings. The second kappa shape index (κ2) is 8.64. The molecule has 1 aromatic rings. The third kappa shape index (κ3) is 4.24. The molecule has 0 aromatic heterocycles. The summed E-state index contributed by atoms with van der Waals surface area (Å²) in [6, 6.07) is 5.42. The lowest BCUT2D eigenvalue weighted by atomic mass is 10.1. The van der Waals surface area contributed by atoms with Crippen LogP contribution in [0.3, 0.4) is 0 Å². The summed E-state index contributed by atoms with van der Waals surface area (Å²) in [6.07, 6.45) is 1.72. The van der Waals surface area contributed by atoms with Crippen molar-refractivity contribution in [2.75, 3.05) is 26.2 Å². The number of nitrogens with zero attached hydrogens (tertiary/aromatic N) is 2. The van der Waals surface area contributed by atoms with Gasteiger partial charge in [0, 0.05) is 31.7 Å². The first-order valence-corrected chi connectivity index (χ1v) is 10.5. The van der Waals surface area contributed by atoms with Crippen molar-refractivity contribution in [1.82, 2.24) is 14.5 Å². The van der Waals surface area contributed by atoms with E-state index in [-0.39, 0.29) is 16.7 Å². The van der Waals surface area contributed by atoms with Gasteiger partial charge in [0.05, 0.1) is 4.90 Å². The van der Waals surface area contributed by atoms with E-state index in [9.17, 15) is 18.0 Å². The van der Waals surface area contributed by atoms with Crippen LogP contribution in [0.1, 0.15) is 44.0 Å². The fourth-order valence-electron chi connectivity index (χ4n) is 2.93. The molecule has 0 spiro atoms. The zero-order chi connectivity index (χ0) is 19.3. The largest absolute Gasteiger partial charge is 0.353 e. The topological polar surface area (TPSA) is 86.8 Å². The van der Waals surface area contributed by atoms with Gasteiger partial charge in [0.15, 0.2) is 0 Å². The van der Waals surface area contributed by atoms with E-state index in [1.54, 1.807) is 6.92 Å². The molecule has 1 saturated heterocycles. The molecule has 1 heterocycles. The maximum Gasteiger partial charge on any atom is 0.254 e. The third-order valence-electron chi connectivity index (χ3n) is 4.61. The lowest BCUT2D eigenvalue weighted by molar-refractivity contribution is -0.127. The maximum atomic E-state index is 12.7. The van der Waals surface area contributed by atoms with Gasteiger partial charge >= 0.3 is 0 Å². The Morgan fingerprint density at radius 2 is 1.92 bits per heavy atom. The molecule has 7 nitrogen and oxygen atoms in total. The second-order valence-corrected chi connectivity index (χ2v) is 8.28. The Morgan fingerprint density at radius 1 is 1.27 bits per heavy atom. The molecule has 26 heavy (non-hydrogen) atoms. The number of hydrogen-bond donors (Lipinski definition) is 1. The van der Waals surface area contributed by atoms with Crippen molar-refractivity contribution in [3.63, 3.8) is 0 Å². The molecule has 2 amide bonds. The molecule has 0 bridgehead atoms. The zero-order valence-corrected chi connectivity index (χ0v) is 16.4. The molecule has 1 aliphatic heterocycles. The summed E-state index contributed by atoms with van der Waals surface area (Å²) in [6.45, 7) is 7.26. The number of amides is 2. The molecular formula is C18H27N3O4S. The summed E-state index contributed by atoms with van der Waals surface area (Å²) in [5, 5.41) is 2.72. The van der Waals surface area contributed by atoms with Gasteiger partial charge in [0.2, 0.25) is 15.9 Å². The van der Waals surface area contributed by atoms with Gasteiger partial charge in [0.1, 0.15) is 6.04 Å². The summed E-state index contributed by atoms with van der Waals surface area (Å²) in [7, 11) is -3.57. The Bertz CT molecular complexity index is 746. The highest BCUT2D eigenvalue weighted by Gasteiger charge is 2.30. The highest BCUT2D eigenvalue weighted by atomic mass is 32.2. The molecule has 0 saturated carbocycles. The molecule has 2 rings (SSSR count). The maximum absolute atomic E-state index is 12.7. The molecule has 1 unspecified atom stereocenters. The van der Waals surface area contributed by atoms with Crippen molar-refractivity contribution < 1.29 is 18.0 Å². The Balaban J connectivity index is 2.19. The lowest BCUT2D eigenvalue weighted by Gasteiger charge is -2.32. The fourth-order valence-corrected chi connectivity index (χ4v) is 4.41. The highest BCUT2D eigenvalue weighted by Crippen LogP contribution is 2.19. The molecule has 1 fully saturated rings. The average Bonchev–Trinajstić information content (AvgIpc) is 2.64. The quantitative estimate of drug-likeness (QED) is 0.775. The predicted molar refractivity (Wildman–Crippen MR) is 99.3 cm³/mol. The van der Waals surface area contributed by atoms with Gasteiger partial charge in [-0.3, -0.25) is 9.59 Å². The lowest BCUT2D eigenvalue weighted by Crippen LogP contribution is -2.55. The third-order valence-corrected chi connectivity index (χ3v) is 6.60. The minimum absolute atomic E-state index is 0.177. The van der Waals surface area contributed by atoms with Crippen molar-refractivity contribution in [3.05, 3.63) is 29.8 Å². The van der Waals surface area contributed by atoms with Crippen LogP contribution in [0.4, 0.5) is 0 Å². The molecule has 0 aliphatic carbocycles. The minimum Gasteiger partial charge on any atom is -0.353 e. The normalized spacial score (nSPS) is 18.1. The number of carbonyl (C=O) groups excluding carboxylic acids is 2. The van der Waals surface area contributed by atoms with Crippen molar-refractivity contribution >= 4 is 21.8 Å². The van der Waals surface area contributed by atoms with Crippen LogP contribution in [-0.2, 0) is 14.8 Å². The van der Waals surface area contributed by atoms with Crippen LogP contribution in [0.5, 0.6) is 0 Å². The minimum atomic E-state index is -3.57. The van der Waals surface area contributed by atoms with Crippen molar-refractivity contribution in [3.8, 4) is 0 Å². The second-order valence-electron chi connectivity index (χ2n) is 6.34. The zero-order valence-electron chi connectivity index (χ0n) is 15.6. The Kier molecular flexibility index (Phi) is 6.77. The number of unbranched alkanes of at least 4 members (excludes halogenated alkanes) is 1. The van der Waals surface area contributed by atoms with Crippen LogP contribution in [0.15, 0.2) is 29.2 Å². The van der Waals surface area contributed by atoms with Crippen LogP contribution >= 0.6 is 0 Å². The highest BCUT2D eigenvalue weighted by molar-refractivity contribution is 7.89. The molecule has 1 N–H and O–H groups in total. The Hall–Kier alpha value is -1.93. The van der Waals surface area contributed by atoms with Crippen LogP contribution < -0.4 is 5.32 Å². The van der Waals surface area contributed by atoms with E-state index in [2.05, 4.69) is 5.32 Å². The van der Waals surface area contributed by atoms with Crippen molar-refractivity contribution in [2.24, 2.45) is 0 Å². The van der Waals surface area contributed by atoms with E-state index < -0.39 is 16.1 Å². The van der Waals surface area contributed by atoms with Gasteiger partial charge in [-0.1, -0.05) is 20.3 Å². The van der Waals surface area contributed by atoms with E-state index >= 15 is 0 Å². The number of rotatable bonds is 7. The first kappa shape index (κ1) is 20.4. The number of nitrogens with one attached hydrogen (secondary N) is 1. The first-order chi connectivity index (χ1) is 12.3. The van der Waals surface area contributed by atoms with Gasteiger partial charge in [0.25, 0.3) is 5.91 Å². The number of sulfonamides is 1. The summed E-state index contributed by atoms with van der Waals surface area (Å²) in [5.74, 6) is -0.451. The van der Waals surface area contributed by atoms with Gasteiger partial charge in [-0.25, -0.2) is 8.42 Å². The summed E-state index contributed by atoms with van der Waals surface area (Å²) in [5.41, 5.74) is 0.377. The van der Waals surface area contributed by atoms with E-state index in [0.29, 0.717) is 31.7 Å². The van der Waals surface area contributed by atoms with Crippen LogP contribution in [0.2, 0.25) is 0 Å². The summed E-state index contributed by atoms with van der Waals surface area (Å²) in [4.78, 5) is 26.0. The van der Waals surface area contributed by atoms with Crippen LogP contribution in [-0.4, -0.2) is 61.7 Å². The smallest absolute Gasteiger partial charge is 0.254 e. The van der Waals surface area contributed by atoms with E-state index in [1.807, 2.05) is 13.8 Å². The molecule has 8 heteroatoms. The number of hydrogen-bond acceptors (Lipinski definition) is 4. The average molecular weight is 381 g/mol. The van der Waals surface area contributed by atoms with Gasteiger partial charge in [-0.15, -0.1) is 0 Å².